The van der Waals surface area contributed by atoms with E-state index in [0.717, 1.165) is 21.3 Å². The molecule has 4 rings (SSSR count). The molecule has 0 fully saturated rings. The number of ketones is 1. The molecule has 0 bridgehead atoms. The lowest BCUT2D eigenvalue weighted by Gasteiger charge is -2.00. The van der Waals surface area contributed by atoms with Crippen molar-refractivity contribution in [3.05, 3.63) is 113 Å². The molecule has 0 aliphatic heterocycles. The van der Waals surface area contributed by atoms with E-state index < -0.39 is 0 Å². The number of rotatable bonds is 5. The summed E-state index contributed by atoms with van der Waals surface area (Å²) in [7, 11) is 0. The molecule has 0 saturated heterocycles. The standard InChI is InChI=1S/C24H16BrFN2O/c25-20-11-6-17(7-12-20)23(29)15-10-19-16-28(22-4-2-1-3-5-22)27-24(19)18-8-13-21(26)14-9-18/h1-16H. The Morgan fingerprint density at radius 3 is 2.31 bits per heavy atom. The number of carbonyl (C=O) groups is 1. The Morgan fingerprint density at radius 1 is 0.931 bits per heavy atom. The maximum atomic E-state index is 13.4. The second-order valence-electron chi connectivity index (χ2n) is 6.42. The molecule has 0 spiro atoms. The molecule has 29 heavy (non-hydrogen) atoms. The van der Waals surface area contributed by atoms with Crippen molar-refractivity contribution in [1.29, 1.82) is 0 Å². The predicted molar refractivity (Wildman–Crippen MR) is 116 cm³/mol. The maximum absolute atomic E-state index is 13.4. The van der Waals surface area contributed by atoms with Gasteiger partial charge in [-0.25, -0.2) is 9.07 Å². The highest BCUT2D eigenvalue weighted by molar-refractivity contribution is 9.10. The second kappa shape index (κ2) is 8.37. The van der Waals surface area contributed by atoms with Crippen LogP contribution in [0.5, 0.6) is 0 Å². The summed E-state index contributed by atoms with van der Waals surface area (Å²) in [6, 6.07) is 23.1. The zero-order chi connectivity index (χ0) is 20.2. The van der Waals surface area contributed by atoms with Crippen LogP contribution in [0.2, 0.25) is 0 Å². The van der Waals surface area contributed by atoms with Crippen molar-refractivity contribution in [2.75, 3.05) is 0 Å². The minimum atomic E-state index is -0.307. The summed E-state index contributed by atoms with van der Waals surface area (Å²) < 4.78 is 16.0. The zero-order valence-corrected chi connectivity index (χ0v) is 16.9. The number of benzene rings is 3. The van der Waals surface area contributed by atoms with Gasteiger partial charge in [-0.2, -0.15) is 5.10 Å². The zero-order valence-electron chi connectivity index (χ0n) is 15.3. The summed E-state index contributed by atoms with van der Waals surface area (Å²) in [6.07, 6.45) is 5.14. The van der Waals surface area contributed by atoms with Crippen LogP contribution in [-0.2, 0) is 0 Å². The Bertz CT molecular complexity index is 1160. The van der Waals surface area contributed by atoms with Gasteiger partial charge >= 0.3 is 0 Å². The van der Waals surface area contributed by atoms with Crippen molar-refractivity contribution in [3.8, 4) is 16.9 Å². The summed E-state index contributed by atoms with van der Waals surface area (Å²) in [4.78, 5) is 12.5. The average Bonchev–Trinajstić information content (AvgIpc) is 3.18. The molecule has 0 unspecified atom stereocenters. The number of nitrogens with zero attached hydrogens (tertiary/aromatic N) is 2. The van der Waals surface area contributed by atoms with E-state index in [9.17, 15) is 9.18 Å². The van der Waals surface area contributed by atoms with E-state index in [-0.39, 0.29) is 11.6 Å². The normalized spacial score (nSPS) is 11.1. The minimum absolute atomic E-state index is 0.102. The van der Waals surface area contributed by atoms with Crippen molar-refractivity contribution in [1.82, 2.24) is 9.78 Å². The fourth-order valence-corrected chi connectivity index (χ4v) is 3.19. The monoisotopic (exact) mass is 446 g/mol. The quantitative estimate of drug-likeness (QED) is 0.265. The fourth-order valence-electron chi connectivity index (χ4n) is 2.93. The molecule has 1 aromatic heterocycles. The van der Waals surface area contributed by atoms with Crippen LogP contribution in [0.3, 0.4) is 0 Å². The number of hydrogen-bond acceptors (Lipinski definition) is 2. The lowest BCUT2D eigenvalue weighted by Crippen LogP contribution is -1.94. The van der Waals surface area contributed by atoms with Crippen LogP contribution in [0.1, 0.15) is 15.9 Å². The molecule has 0 saturated carbocycles. The lowest BCUT2D eigenvalue weighted by atomic mass is 10.1. The number of allylic oxidation sites excluding steroid dienone is 1. The molecule has 0 amide bonds. The van der Waals surface area contributed by atoms with Crippen LogP contribution >= 0.6 is 15.9 Å². The third kappa shape index (κ3) is 4.41. The molecule has 0 N–H and O–H groups in total. The van der Waals surface area contributed by atoms with Gasteiger partial charge in [0.1, 0.15) is 5.82 Å². The Hall–Kier alpha value is -3.31. The summed E-state index contributed by atoms with van der Waals surface area (Å²) >= 11 is 3.37. The average molecular weight is 447 g/mol. The number of para-hydroxylation sites is 1. The molecule has 5 heteroatoms. The summed E-state index contributed by atoms with van der Waals surface area (Å²) in [5, 5.41) is 4.67. The first-order chi connectivity index (χ1) is 14.1. The van der Waals surface area contributed by atoms with Gasteiger partial charge in [-0.15, -0.1) is 0 Å². The minimum Gasteiger partial charge on any atom is -0.289 e. The molecule has 4 aromatic rings. The SMILES string of the molecule is O=C(C=Cc1cn(-c2ccccc2)nc1-c1ccc(F)cc1)c1ccc(Br)cc1. The molecule has 0 atom stereocenters. The molecular weight excluding hydrogens is 431 g/mol. The highest BCUT2D eigenvalue weighted by Gasteiger charge is 2.11. The van der Waals surface area contributed by atoms with E-state index in [0.29, 0.717) is 11.3 Å². The van der Waals surface area contributed by atoms with E-state index >= 15 is 0 Å². The highest BCUT2D eigenvalue weighted by Crippen LogP contribution is 2.25. The van der Waals surface area contributed by atoms with Gasteiger partial charge in [0.05, 0.1) is 11.4 Å². The summed E-state index contributed by atoms with van der Waals surface area (Å²) in [5.74, 6) is -0.409. The van der Waals surface area contributed by atoms with Crippen LogP contribution in [0.25, 0.3) is 23.0 Å². The fraction of sp³-hybridized carbons (Fsp3) is 0. The first-order valence-corrected chi connectivity index (χ1v) is 9.78. The van der Waals surface area contributed by atoms with Gasteiger partial charge in [-0.05, 0) is 72.8 Å². The number of carbonyl (C=O) groups excluding carboxylic acids is 1. The van der Waals surface area contributed by atoms with E-state index in [1.165, 1.54) is 18.2 Å². The Balaban J connectivity index is 1.72. The van der Waals surface area contributed by atoms with Gasteiger partial charge in [-0.3, -0.25) is 4.79 Å². The third-order valence-electron chi connectivity index (χ3n) is 4.42. The Labute approximate surface area is 176 Å². The van der Waals surface area contributed by atoms with E-state index in [2.05, 4.69) is 21.0 Å². The number of halogens is 2. The molecule has 3 aromatic carbocycles. The van der Waals surface area contributed by atoms with Crippen molar-refractivity contribution in [2.45, 2.75) is 0 Å². The van der Waals surface area contributed by atoms with Crippen molar-refractivity contribution in [3.63, 3.8) is 0 Å². The van der Waals surface area contributed by atoms with Gasteiger partial charge in [0, 0.05) is 27.4 Å². The number of aromatic nitrogens is 2. The summed E-state index contributed by atoms with van der Waals surface area (Å²) in [6.45, 7) is 0. The Kier molecular flexibility index (Phi) is 5.49. The molecule has 0 aliphatic carbocycles. The van der Waals surface area contributed by atoms with Crippen LogP contribution in [0.4, 0.5) is 4.39 Å². The topological polar surface area (TPSA) is 34.9 Å². The first-order valence-electron chi connectivity index (χ1n) is 8.99. The highest BCUT2D eigenvalue weighted by atomic mass is 79.9. The molecule has 3 nitrogen and oxygen atoms in total. The van der Waals surface area contributed by atoms with Crippen LogP contribution < -0.4 is 0 Å². The number of hydrogen-bond donors (Lipinski definition) is 0. The summed E-state index contributed by atoms with van der Waals surface area (Å²) in [5.41, 5.74) is 3.72. The Morgan fingerprint density at radius 2 is 1.62 bits per heavy atom. The molecule has 142 valence electrons. The second-order valence-corrected chi connectivity index (χ2v) is 7.34. The van der Waals surface area contributed by atoms with Gasteiger partial charge < -0.3 is 0 Å². The van der Waals surface area contributed by atoms with E-state index in [1.54, 1.807) is 35.0 Å². The maximum Gasteiger partial charge on any atom is 0.185 e. The van der Waals surface area contributed by atoms with E-state index in [1.807, 2.05) is 48.7 Å². The third-order valence-corrected chi connectivity index (χ3v) is 4.95. The van der Waals surface area contributed by atoms with Crippen LogP contribution in [0.15, 0.2) is 95.6 Å². The molecule has 0 aliphatic rings. The van der Waals surface area contributed by atoms with Gasteiger partial charge in [0.15, 0.2) is 5.78 Å². The molecule has 0 radical (unpaired) electrons. The smallest absolute Gasteiger partial charge is 0.185 e. The van der Waals surface area contributed by atoms with Gasteiger partial charge in [0.2, 0.25) is 0 Å². The molecule has 1 heterocycles. The lowest BCUT2D eigenvalue weighted by molar-refractivity contribution is 0.104. The van der Waals surface area contributed by atoms with Crippen molar-refractivity contribution >= 4 is 27.8 Å². The van der Waals surface area contributed by atoms with Crippen molar-refractivity contribution in [2.24, 2.45) is 0 Å². The van der Waals surface area contributed by atoms with Crippen LogP contribution in [0, 0.1) is 5.82 Å². The van der Waals surface area contributed by atoms with E-state index in [4.69, 9.17) is 0 Å². The van der Waals surface area contributed by atoms with Gasteiger partial charge in [0.25, 0.3) is 0 Å². The predicted octanol–water partition coefficient (Wildman–Crippen LogP) is 6.34. The largest absolute Gasteiger partial charge is 0.289 e. The first kappa shape index (κ1) is 19.0. The van der Waals surface area contributed by atoms with Crippen LogP contribution in [-0.4, -0.2) is 15.6 Å². The van der Waals surface area contributed by atoms with Gasteiger partial charge in [-0.1, -0.05) is 34.1 Å². The van der Waals surface area contributed by atoms with Crippen molar-refractivity contribution < 1.29 is 9.18 Å². The molecular formula is C24H16BrFN2O.